The maximum absolute atomic E-state index is 12.0. The summed E-state index contributed by atoms with van der Waals surface area (Å²) in [6.07, 6.45) is 0. The van der Waals surface area contributed by atoms with Gasteiger partial charge in [0, 0.05) is 6.61 Å². The molecule has 1 rings (SSSR count). The zero-order valence-electron chi connectivity index (χ0n) is 11.2. The Labute approximate surface area is 102 Å². The van der Waals surface area contributed by atoms with Crippen LogP contribution in [0.15, 0.2) is 0 Å². The summed E-state index contributed by atoms with van der Waals surface area (Å²) in [5, 5.41) is 2.66. The molecule has 1 aliphatic rings. The van der Waals surface area contributed by atoms with Gasteiger partial charge in [-0.2, -0.15) is 0 Å². The minimum atomic E-state index is -0.448. The first-order valence-electron chi connectivity index (χ1n) is 6.03. The van der Waals surface area contributed by atoms with Gasteiger partial charge in [0.1, 0.15) is 12.1 Å². The van der Waals surface area contributed by atoms with Gasteiger partial charge >= 0.3 is 0 Å². The van der Waals surface area contributed by atoms with E-state index in [1.807, 2.05) is 20.8 Å². The fourth-order valence-corrected chi connectivity index (χ4v) is 2.04. The van der Waals surface area contributed by atoms with E-state index in [2.05, 4.69) is 5.32 Å². The van der Waals surface area contributed by atoms with E-state index in [1.54, 1.807) is 18.7 Å². The van der Waals surface area contributed by atoms with Gasteiger partial charge in [-0.15, -0.1) is 0 Å². The van der Waals surface area contributed by atoms with Gasteiger partial charge < -0.3 is 15.0 Å². The Kier molecular flexibility index (Phi) is 4.14. The van der Waals surface area contributed by atoms with Gasteiger partial charge in [-0.25, -0.2) is 0 Å². The lowest BCUT2D eigenvalue weighted by atomic mass is 10.0. The lowest BCUT2D eigenvalue weighted by molar-refractivity contribution is -0.152. The van der Waals surface area contributed by atoms with Crippen LogP contribution in [0.1, 0.15) is 34.6 Å². The van der Waals surface area contributed by atoms with E-state index in [0.717, 1.165) is 0 Å². The summed E-state index contributed by atoms with van der Waals surface area (Å²) in [6.45, 7) is 10.2. The Morgan fingerprint density at radius 2 is 1.94 bits per heavy atom. The summed E-state index contributed by atoms with van der Waals surface area (Å²) in [6, 6.07) is -0.880. The summed E-state index contributed by atoms with van der Waals surface area (Å²) >= 11 is 0. The van der Waals surface area contributed by atoms with Gasteiger partial charge in [0.25, 0.3) is 0 Å². The first-order valence-corrected chi connectivity index (χ1v) is 6.03. The maximum Gasteiger partial charge on any atom is 0.245 e. The Balaban J connectivity index is 2.79. The molecule has 0 aromatic carbocycles. The number of piperazine rings is 1. The molecule has 1 fully saturated rings. The number of ether oxygens (including phenoxy) is 1. The molecule has 0 radical (unpaired) electrons. The number of hydrogen-bond acceptors (Lipinski definition) is 3. The molecule has 0 aliphatic carbocycles. The third kappa shape index (κ3) is 3.19. The fourth-order valence-electron chi connectivity index (χ4n) is 2.04. The van der Waals surface area contributed by atoms with Crippen LogP contribution in [-0.4, -0.2) is 47.6 Å². The zero-order chi connectivity index (χ0) is 13.2. The quantitative estimate of drug-likeness (QED) is 0.782. The van der Waals surface area contributed by atoms with Crippen LogP contribution in [0.25, 0.3) is 0 Å². The highest BCUT2D eigenvalue weighted by Gasteiger charge is 2.38. The number of nitrogens with one attached hydrogen (secondary N) is 1. The molecule has 1 aliphatic heterocycles. The molecule has 1 heterocycles. The predicted molar refractivity (Wildman–Crippen MR) is 64.5 cm³/mol. The molecule has 2 amide bonds. The summed E-state index contributed by atoms with van der Waals surface area (Å²) < 4.78 is 5.57. The number of carbonyl (C=O) groups excluding carboxylic acids is 2. The number of carbonyl (C=O) groups is 2. The highest BCUT2D eigenvalue weighted by molar-refractivity contribution is 5.96. The number of rotatable bonds is 4. The van der Waals surface area contributed by atoms with E-state index in [9.17, 15) is 9.59 Å². The number of hydrogen-bond donors (Lipinski definition) is 1. The van der Waals surface area contributed by atoms with Gasteiger partial charge in [-0.05, 0) is 34.6 Å². The first kappa shape index (κ1) is 14.0. The highest BCUT2D eigenvalue weighted by atomic mass is 16.5. The zero-order valence-corrected chi connectivity index (χ0v) is 11.2. The van der Waals surface area contributed by atoms with E-state index in [4.69, 9.17) is 4.74 Å². The van der Waals surface area contributed by atoms with E-state index in [0.29, 0.717) is 13.2 Å². The second kappa shape index (κ2) is 5.04. The maximum atomic E-state index is 12.0. The van der Waals surface area contributed by atoms with Crippen molar-refractivity contribution in [3.05, 3.63) is 0 Å². The smallest absolute Gasteiger partial charge is 0.245 e. The SMILES string of the molecule is CCOC(C)(C)CN1C(=O)C(C)NC(=O)C1C. The predicted octanol–water partition coefficient (Wildman–Crippen LogP) is 0.537. The van der Waals surface area contributed by atoms with Crippen LogP contribution >= 0.6 is 0 Å². The molecule has 2 unspecified atom stereocenters. The van der Waals surface area contributed by atoms with Crippen LogP contribution in [0.5, 0.6) is 0 Å². The summed E-state index contributed by atoms with van der Waals surface area (Å²) in [7, 11) is 0. The van der Waals surface area contributed by atoms with Crippen LogP contribution in [0.3, 0.4) is 0 Å². The van der Waals surface area contributed by atoms with Crippen molar-refractivity contribution in [3.63, 3.8) is 0 Å². The molecule has 0 aromatic rings. The Morgan fingerprint density at radius 3 is 2.47 bits per heavy atom. The van der Waals surface area contributed by atoms with Crippen molar-refractivity contribution in [1.82, 2.24) is 10.2 Å². The van der Waals surface area contributed by atoms with Crippen LogP contribution in [-0.2, 0) is 14.3 Å². The molecular weight excluding hydrogens is 220 g/mol. The van der Waals surface area contributed by atoms with E-state index < -0.39 is 17.7 Å². The number of amides is 2. The summed E-state index contributed by atoms with van der Waals surface area (Å²) in [4.78, 5) is 25.3. The molecule has 5 heteroatoms. The van der Waals surface area contributed by atoms with Gasteiger partial charge in [0.2, 0.25) is 11.8 Å². The third-order valence-corrected chi connectivity index (χ3v) is 2.95. The Morgan fingerprint density at radius 1 is 1.35 bits per heavy atom. The second-order valence-electron chi connectivity index (χ2n) is 5.07. The lowest BCUT2D eigenvalue weighted by Gasteiger charge is -2.40. The van der Waals surface area contributed by atoms with Crippen molar-refractivity contribution < 1.29 is 14.3 Å². The topological polar surface area (TPSA) is 58.6 Å². The van der Waals surface area contributed by atoms with Crippen LogP contribution < -0.4 is 5.32 Å². The van der Waals surface area contributed by atoms with E-state index >= 15 is 0 Å². The molecular formula is C12H22N2O3. The van der Waals surface area contributed by atoms with E-state index in [-0.39, 0.29) is 11.8 Å². The molecule has 2 atom stereocenters. The summed E-state index contributed by atoms with van der Waals surface area (Å²) in [5.74, 6) is -0.158. The van der Waals surface area contributed by atoms with Gasteiger partial charge in [-0.1, -0.05) is 0 Å². The Hall–Kier alpha value is -1.10. The van der Waals surface area contributed by atoms with Crippen molar-refractivity contribution in [2.45, 2.75) is 52.3 Å². The van der Waals surface area contributed by atoms with Gasteiger partial charge in [0.05, 0.1) is 12.1 Å². The minimum Gasteiger partial charge on any atom is -0.374 e. The molecule has 0 saturated carbocycles. The van der Waals surface area contributed by atoms with Crippen molar-refractivity contribution >= 4 is 11.8 Å². The lowest BCUT2D eigenvalue weighted by Crippen LogP contribution is -2.63. The van der Waals surface area contributed by atoms with Crippen molar-refractivity contribution in [2.24, 2.45) is 0 Å². The monoisotopic (exact) mass is 242 g/mol. The van der Waals surface area contributed by atoms with Crippen molar-refractivity contribution in [2.75, 3.05) is 13.2 Å². The molecule has 5 nitrogen and oxygen atoms in total. The van der Waals surface area contributed by atoms with Crippen LogP contribution in [0.2, 0.25) is 0 Å². The van der Waals surface area contributed by atoms with Gasteiger partial charge in [-0.3, -0.25) is 9.59 Å². The molecule has 1 saturated heterocycles. The molecule has 17 heavy (non-hydrogen) atoms. The fraction of sp³-hybridized carbons (Fsp3) is 0.833. The first-order chi connectivity index (χ1) is 7.78. The molecule has 0 spiro atoms. The molecule has 1 N–H and O–H groups in total. The second-order valence-corrected chi connectivity index (χ2v) is 5.07. The standard InChI is InChI=1S/C12H22N2O3/c1-6-17-12(4,5)7-14-9(3)10(15)13-8(2)11(14)16/h8-9H,6-7H2,1-5H3,(H,13,15). The largest absolute Gasteiger partial charge is 0.374 e. The van der Waals surface area contributed by atoms with Crippen molar-refractivity contribution in [1.29, 1.82) is 0 Å². The third-order valence-electron chi connectivity index (χ3n) is 2.95. The molecule has 0 aromatic heterocycles. The number of nitrogens with zero attached hydrogens (tertiary/aromatic N) is 1. The van der Waals surface area contributed by atoms with Gasteiger partial charge in [0.15, 0.2) is 0 Å². The van der Waals surface area contributed by atoms with E-state index in [1.165, 1.54) is 0 Å². The van der Waals surface area contributed by atoms with Crippen LogP contribution in [0.4, 0.5) is 0 Å². The normalized spacial score (nSPS) is 26.1. The molecule has 0 bridgehead atoms. The highest BCUT2D eigenvalue weighted by Crippen LogP contribution is 2.17. The average Bonchev–Trinajstić information content (AvgIpc) is 2.21. The Bertz CT molecular complexity index is 315. The summed E-state index contributed by atoms with van der Waals surface area (Å²) in [5.41, 5.74) is -0.435. The van der Waals surface area contributed by atoms with Crippen molar-refractivity contribution in [3.8, 4) is 0 Å². The minimum absolute atomic E-state index is 0.0510. The van der Waals surface area contributed by atoms with Crippen LogP contribution in [0, 0.1) is 0 Å². The molecule has 98 valence electrons. The average molecular weight is 242 g/mol.